The number of fused-ring (bicyclic) bond motifs is 1. The normalized spacial score (nSPS) is 11.0. The summed E-state index contributed by atoms with van der Waals surface area (Å²) < 4.78 is 1.92. The second-order valence-corrected chi connectivity index (χ2v) is 7.16. The molecule has 2 aromatic carbocycles. The van der Waals surface area contributed by atoms with Crippen molar-refractivity contribution in [1.29, 1.82) is 0 Å². The zero-order chi connectivity index (χ0) is 20.1. The Morgan fingerprint density at radius 2 is 1.79 bits per heavy atom. The van der Waals surface area contributed by atoms with Gasteiger partial charge in [0.25, 0.3) is 0 Å². The van der Waals surface area contributed by atoms with Gasteiger partial charge >= 0.3 is 0 Å². The summed E-state index contributed by atoms with van der Waals surface area (Å²) in [6.07, 6.45) is 0.560. The Kier molecular flexibility index (Phi) is 6.09. The SMILES string of the molecule is Cc1ccccc1NC(=O)Cn1c(CCNC(=O)C(C)C)nc2ccccc21. The van der Waals surface area contributed by atoms with Gasteiger partial charge in [0.15, 0.2) is 0 Å². The molecule has 0 fully saturated rings. The van der Waals surface area contributed by atoms with Crippen LogP contribution in [-0.2, 0) is 22.6 Å². The van der Waals surface area contributed by atoms with E-state index in [0.29, 0.717) is 13.0 Å². The molecule has 28 heavy (non-hydrogen) atoms. The summed E-state index contributed by atoms with van der Waals surface area (Å²) in [5.41, 5.74) is 3.58. The van der Waals surface area contributed by atoms with Crippen molar-refractivity contribution in [2.24, 2.45) is 5.92 Å². The topological polar surface area (TPSA) is 76.0 Å². The quantitative estimate of drug-likeness (QED) is 0.662. The molecule has 3 rings (SSSR count). The number of anilines is 1. The molecule has 0 spiro atoms. The second-order valence-electron chi connectivity index (χ2n) is 7.16. The summed E-state index contributed by atoms with van der Waals surface area (Å²) in [5.74, 6) is 0.633. The van der Waals surface area contributed by atoms with Crippen LogP contribution < -0.4 is 10.6 Å². The van der Waals surface area contributed by atoms with Gasteiger partial charge in [-0.1, -0.05) is 44.2 Å². The van der Waals surface area contributed by atoms with Gasteiger partial charge in [0.2, 0.25) is 11.8 Å². The fraction of sp³-hybridized carbons (Fsp3) is 0.318. The van der Waals surface area contributed by atoms with Crippen LogP contribution in [0.25, 0.3) is 11.0 Å². The number of amides is 2. The van der Waals surface area contributed by atoms with E-state index in [1.807, 2.05) is 73.9 Å². The fourth-order valence-electron chi connectivity index (χ4n) is 3.04. The summed E-state index contributed by atoms with van der Waals surface area (Å²) in [6, 6.07) is 15.4. The molecule has 0 aliphatic carbocycles. The highest BCUT2D eigenvalue weighted by atomic mass is 16.2. The maximum absolute atomic E-state index is 12.7. The summed E-state index contributed by atoms with van der Waals surface area (Å²) >= 11 is 0. The lowest BCUT2D eigenvalue weighted by Crippen LogP contribution is -2.30. The van der Waals surface area contributed by atoms with E-state index in [0.717, 1.165) is 28.1 Å². The minimum absolute atomic E-state index is 0.0138. The van der Waals surface area contributed by atoms with Gasteiger partial charge in [0.1, 0.15) is 12.4 Å². The van der Waals surface area contributed by atoms with Gasteiger partial charge < -0.3 is 15.2 Å². The Bertz CT molecular complexity index is 991. The van der Waals surface area contributed by atoms with Gasteiger partial charge in [-0.3, -0.25) is 9.59 Å². The molecule has 0 saturated carbocycles. The van der Waals surface area contributed by atoms with Crippen LogP contribution in [0.1, 0.15) is 25.2 Å². The third-order valence-corrected chi connectivity index (χ3v) is 4.63. The molecule has 0 saturated heterocycles. The molecule has 3 aromatic rings. The van der Waals surface area contributed by atoms with Gasteiger partial charge in [-0.25, -0.2) is 4.98 Å². The summed E-state index contributed by atoms with van der Waals surface area (Å²) in [6.45, 7) is 6.34. The first kappa shape index (κ1) is 19.6. The second kappa shape index (κ2) is 8.69. The van der Waals surface area contributed by atoms with Crippen LogP contribution in [0.5, 0.6) is 0 Å². The smallest absolute Gasteiger partial charge is 0.244 e. The van der Waals surface area contributed by atoms with Crippen LogP contribution >= 0.6 is 0 Å². The lowest BCUT2D eigenvalue weighted by molar-refractivity contribution is -0.124. The molecule has 146 valence electrons. The Morgan fingerprint density at radius 3 is 2.54 bits per heavy atom. The maximum Gasteiger partial charge on any atom is 0.244 e. The van der Waals surface area contributed by atoms with Gasteiger partial charge in [-0.15, -0.1) is 0 Å². The molecule has 0 unspecified atom stereocenters. The first-order valence-corrected chi connectivity index (χ1v) is 9.53. The average Bonchev–Trinajstić information content (AvgIpc) is 3.01. The number of imidazole rings is 1. The maximum atomic E-state index is 12.7. The summed E-state index contributed by atoms with van der Waals surface area (Å²) in [7, 11) is 0. The standard InChI is InChI=1S/C22H26N4O2/c1-15(2)22(28)23-13-12-20-24-18-10-6-7-11-19(18)26(20)14-21(27)25-17-9-5-4-8-16(17)3/h4-11,15H,12-14H2,1-3H3,(H,23,28)(H,25,27). The van der Waals surface area contributed by atoms with E-state index in [-0.39, 0.29) is 24.3 Å². The number of nitrogens with one attached hydrogen (secondary N) is 2. The molecular weight excluding hydrogens is 352 g/mol. The van der Waals surface area contributed by atoms with E-state index in [9.17, 15) is 9.59 Å². The van der Waals surface area contributed by atoms with Crippen molar-refractivity contribution in [2.75, 3.05) is 11.9 Å². The van der Waals surface area contributed by atoms with E-state index in [1.54, 1.807) is 0 Å². The van der Waals surface area contributed by atoms with Crippen LogP contribution in [0.4, 0.5) is 5.69 Å². The number of aryl methyl sites for hydroxylation is 1. The van der Waals surface area contributed by atoms with Crippen LogP contribution in [0.3, 0.4) is 0 Å². The lowest BCUT2D eigenvalue weighted by Gasteiger charge is -2.12. The van der Waals surface area contributed by atoms with Gasteiger partial charge in [0, 0.05) is 24.6 Å². The molecule has 1 heterocycles. The third kappa shape index (κ3) is 4.57. The van der Waals surface area contributed by atoms with Crippen LogP contribution in [0.15, 0.2) is 48.5 Å². The predicted molar refractivity (Wildman–Crippen MR) is 111 cm³/mol. The van der Waals surface area contributed by atoms with E-state index in [2.05, 4.69) is 15.6 Å². The van der Waals surface area contributed by atoms with Crippen molar-refractivity contribution in [3.63, 3.8) is 0 Å². The van der Waals surface area contributed by atoms with Gasteiger partial charge in [-0.05, 0) is 30.7 Å². The fourth-order valence-corrected chi connectivity index (χ4v) is 3.04. The molecule has 1 aromatic heterocycles. The molecule has 0 aliphatic rings. The lowest BCUT2D eigenvalue weighted by atomic mass is 10.2. The largest absolute Gasteiger partial charge is 0.355 e. The van der Waals surface area contributed by atoms with Crippen LogP contribution in [-0.4, -0.2) is 27.9 Å². The summed E-state index contributed by atoms with van der Waals surface area (Å²) in [4.78, 5) is 29.1. The molecule has 0 bridgehead atoms. The molecule has 0 atom stereocenters. The monoisotopic (exact) mass is 378 g/mol. The first-order valence-electron chi connectivity index (χ1n) is 9.53. The number of nitrogens with zero attached hydrogens (tertiary/aromatic N) is 2. The first-order chi connectivity index (χ1) is 13.5. The molecule has 2 amide bonds. The average molecular weight is 378 g/mol. The molecule has 2 N–H and O–H groups in total. The van der Waals surface area contributed by atoms with Crippen molar-refractivity contribution >= 4 is 28.5 Å². The van der Waals surface area contributed by atoms with E-state index in [1.165, 1.54) is 0 Å². The third-order valence-electron chi connectivity index (χ3n) is 4.63. The molecular formula is C22H26N4O2. The Balaban J connectivity index is 1.77. The Morgan fingerprint density at radius 1 is 1.07 bits per heavy atom. The van der Waals surface area contributed by atoms with Gasteiger partial charge in [0.05, 0.1) is 11.0 Å². The highest BCUT2D eigenvalue weighted by Crippen LogP contribution is 2.18. The van der Waals surface area contributed by atoms with E-state index >= 15 is 0 Å². The van der Waals surface area contributed by atoms with E-state index in [4.69, 9.17) is 0 Å². The highest BCUT2D eigenvalue weighted by Gasteiger charge is 2.15. The Hall–Kier alpha value is -3.15. The summed E-state index contributed by atoms with van der Waals surface area (Å²) in [5, 5.41) is 5.88. The molecule has 6 nitrogen and oxygen atoms in total. The van der Waals surface area contributed by atoms with E-state index < -0.39 is 0 Å². The van der Waals surface area contributed by atoms with Crippen LogP contribution in [0.2, 0.25) is 0 Å². The number of carbonyl (C=O) groups excluding carboxylic acids is 2. The number of rotatable bonds is 7. The molecule has 0 radical (unpaired) electrons. The van der Waals surface area contributed by atoms with Crippen molar-refractivity contribution < 1.29 is 9.59 Å². The Labute approximate surface area is 165 Å². The zero-order valence-electron chi connectivity index (χ0n) is 16.5. The highest BCUT2D eigenvalue weighted by molar-refractivity contribution is 5.92. The minimum atomic E-state index is -0.107. The number of benzene rings is 2. The van der Waals surface area contributed by atoms with Crippen molar-refractivity contribution in [1.82, 2.24) is 14.9 Å². The number of aromatic nitrogens is 2. The minimum Gasteiger partial charge on any atom is -0.355 e. The van der Waals surface area contributed by atoms with Gasteiger partial charge in [-0.2, -0.15) is 0 Å². The number of hydrogen-bond donors (Lipinski definition) is 2. The van der Waals surface area contributed by atoms with Crippen molar-refractivity contribution in [3.8, 4) is 0 Å². The molecule has 0 aliphatic heterocycles. The van der Waals surface area contributed by atoms with Crippen molar-refractivity contribution in [3.05, 3.63) is 59.9 Å². The molecule has 6 heteroatoms. The zero-order valence-corrected chi connectivity index (χ0v) is 16.5. The predicted octanol–water partition coefficient (Wildman–Crippen LogP) is 3.30. The number of hydrogen-bond acceptors (Lipinski definition) is 3. The van der Waals surface area contributed by atoms with Crippen LogP contribution in [0, 0.1) is 12.8 Å². The number of carbonyl (C=O) groups is 2. The van der Waals surface area contributed by atoms with Crippen molar-refractivity contribution in [2.45, 2.75) is 33.7 Å². The number of para-hydroxylation sites is 3.